The van der Waals surface area contributed by atoms with Crippen molar-refractivity contribution in [2.24, 2.45) is 0 Å². The molecule has 2 heterocycles. The predicted molar refractivity (Wildman–Crippen MR) is 130 cm³/mol. The van der Waals surface area contributed by atoms with Crippen LogP contribution in [0.5, 0.6) is 11.5 Å². The Morgan fingerprint density at radius 2 is 1.88 bits per heavy atom. The normalized spacial score (nSPS) is 16.0. The van der Waals surface area contributed by atoms with Crippen LogP contribution in [0.3, 0.4) is 0 Å². The van der Waals surface area contributed by atoms with Crippen molar-refractivity contribution in [1.29, 1.82) is 0 Å². The van der Waals surface area contributed by atoms with E-state index >= 15 is 0 Å². The van der Waals surface area contributed by atoms with Crippen LogP contribution in [-0.4, -0.2) is 51.7 Å². The van der Waals surface area contributed by atoms with Gasteiger partial charge in [-0.15, -0.1) is 0 Å². The maximum atomic E-state index is 11.0. The van der Waals surface area contributed by atoms with Gasteiger partial charge in [-0.3, -0.25) is 9.58 Å². The van der Waals surface area contributed by atoms with Crippen LogP contribution in [0.1, 0.15) is 29.5 Å². The van der Waals surface area contributed by atoms with Crippen LogP contribution in [0.2, 0.25) is 5.02 Å². The molecule has 2 aromatic carbocycles. The molecule has 7 heteroatoms. The van der Waals surface area contributed by atoms with Gasteiger partial charge in [-0.25, -0.2) is 0 Å². The minimum absolute atomic E-state index is 0.253. The Morgan fingerprint density at radius 1 is 1.06 bits per heavy atom. The molecule has 1 N–H and O–H groups in total. The van der Waals surface area contributed by atoms with E-state index in [9.17, 15) is 5.11 Å². The topological polar surface area (TPSA) is 59.8 Å². The largest absolute Gasteiger partial charge is 0.492 e. The molecule has 0 bridgehead atoms. The summed E-state index contributed by atoms with van der Waals surface area (Å²) < 4.78 is 13.7. The maximum absolute atomic E-state index is 11.0. The number of benzene rings is 2. The summed E-state index contributed by atoms with van der Waals surface area (Å²) in [6.07, 6.45) is 5.19. The molecule has 0 aliphatic carbocycles. The fourth-order valence-corrected chi connectivity index (χ4v) is 4.22. The quantitative estimate of drug-likeness (QED) is 0.494. The van der Waals surface area contributed by atoms with Gasteiger partial charge in [0, 0.05) is 25.8 Å². The molecule has 33 heavy (non-hydrogen) atoms. The van der Waals surface area contributed by atoms with Gasteiger partial charge < -0.3 is 14.6 Å². The first-order valence-corrected chi connectivity index (χ1v) is 11.8. The van der Waals surface area contributed by atoms with Gasteiger partial charge in [-0.1, -0.05) is 29.8 Å². The van der Waals surface area contributed by atoms with E-state index in [4.69, 9.17) is 21.1 Å². The first-order chi connectivity index (χ1) is 15.9. The highest BCUT2D eigenvalue weighted by molar-refractivity contribution is 6.32. The summed E-state index contributed by atoms with van der Waals surface area (Å²) in [6, 6.07) is 13.9. The van der Waals surface area contributed by atoms with Gasteiger partial charge in [0.2, 0.25) is 0 Å². The summed E-state index contributed by atoms with van der Waals surface area (Å²) in [5.74, 6) is 1.50. The lowest BCUT2D eigenvalue weighted by atomic mass is 9.92. The number of rotatable bonds is 9. The predicted octanol–water partition coefficient (Wildman–Crippen LogP) is 4.64. The number of likely N-dealkylation sites (tertiary alicyclic amines) is 1. The van der Waals surface area contributed by atoms with Crippen LogP contribution in [0.4, 0.5) is 0 Å². The number of hydrogen-bond acceptors (Lipinski definition) is 5. The molecule has 4 rings (SSSR count). The molecule has 1 aliphatic rings. The second-order valence-corrected chi connectivity index (χ2v) is 9.41. The molecule has 1 aliphatic heterocycles. The van der Waals surface area contributed by atoms with Crippen LogP contribution in [0.15, 0.2) is 54.9 Å². The molecule has 1 aromatic heterocycles. The Morgan fingerprint density at radius 3 is 2.64 bits per heavy atom. The van der Waals surface area contributed by atoms with E-state index in [0.29, 0.717) is 30.2 Å². The minimum Gasteiger partial charge on any atom is -0.492 e. The van der Waals surface area contributed by atoms with Gasteiger partial charge in [0.15, 0.2) is 0 Å². The third-order valence-electron chi connectivity index (χ3n) is 6.03. The summed E-state index contributed by atoms with van der Waals surface area (Å²) in [7, 11) is 0. The second kappa shape index (κ2) is 10.6. The van der Waals surface area contributed by atoms with Crippen molar-refractivity contribution < 1.29 is 14.6 Å². The molecule has 3 aromatic rings. The van der Waals surface area contributed by atoms with Crippen molar-refractivity contribution in [3.63, 3.8) is 0 Å². The van der Waals surface area contributed by atoms with Gasteiger partial charge in [0.05, 0.1) is 17.8 Å². The van der Waals surface area contributed by atoms with E-state index in [1.807, 2.05) is 61.3 Å². The van der Waals surface area contributed by atoms with Crippen molar-refractivity contribution in [3.8, 4) is 11.5 Å². The van der Waals surface area contributed by atoms with E-state index in [2.05, 4.69) is 22.1 Å². The molecule has 0 amide bonds. The lowest BCUT2D eigenvalue weighted by Crippen LogP contribution is -2.47. The first kappa shape index (κ1) is 23.6. The average molecular weight is 470 g/mol. The van der Waals surface area contributed by atoms with E-state index < -0.39 is 5.60 Å². The number of piperidine rings is 1. The molecular weight excluding hydrogens is 438 g/mol. The van der Waals surface area contributed by atoms with E-state index in [1.54, 1.807) is 0 Å². The first-order valence-electron chi connectivity index (χ1n) is 11.4. The molecule has 1 saturated heterocycles. The summed E-state index contributed by atoms with van der Waals surface area (Å²) in [6.45, 7) is 8.03. The molecular formula is C26H32ClN3O3. The van der Waals surface area contributed by atoms with E-state index in [1.165, 1.54) is 5.56 Å². The minimum atomic E-state index is -0.834. The summed E-state index contributed by atoms with van der Waals surface area (Å²) >= 11 is 6.22. The summed E-state index contributed by atoms with van der Waals surface area (Å²) in [5.41, 5.74) is 2.60. The molecule has 1 fully saturated rings. The summed E-state index contributed by atoms with van der Waals surface area (Å²) in [4.78, 5) is 2.36. The summed E-state index contributed by atoms with van der Waals surface area (Å²) in [5, 5.41) is 15.9. The van der Waals surface area contributed by atoms with Gasteiger partial charge in [-0.2, -0.15) is 5.10 Å². The van der Waals surface area contributed by atoms with Crippen molar-refractivity contribution in [2.75, 3.05) is 26.3 Å². The number of aryl methyl sites for hydroxylation is 2. The Hall–Kier alpha value is -2.54. The molecule has 0 unspecified atom stereocenters. The fraction of sp³-hybridized carbons (Fsp3) is 0.423. The zero-order valence-corrected chi connectivity index (χ0v) is 20.1. The van der Waals surface area contributed by atoms with Crippen molar-refractivity contribution >= 4 is 11.6 Å². The monoisotopic (exact) mass is 469 g/mol. The van der Waals surface area contributed by atoms with Crippen LogP contribution < -0.4 is 9.47 Å². The van der Waals surface area contributed by atoms with E-state index in [0.717, 1.165) is 43.1 Å². The second-order valence-electron chi connectivity index (χ2n) is 9.00. The van der Waals surface area contributed by atoms with Crippen molar-refractivity contribution in [3.05, 3.63) is 76.6 Å². The highest BCUT2D eigenvalue weighted by Gasteiger charge is 2.33. The SMILES string of the molecule is Cc1ccc(Cl)c(OCC2(O)CCN(Cc3cccc(OCCn4cc(C)cn4)c3)CC2)c1. The van der Waals surface area contributed by atoms with Gasteiger partial charge in [0.1, 0.15) is 30.3 Å². The lowest BCUT2D eigenvalue weighted by Gasteiger charge is -2.38. The third-order valence-corrected chi connectivity index (χ3v) is 6.34. The number of aliphatic hydroxyl groups is 1. The number of ether oxygens (including phenoxy) is 2. The Labute approximate surface area is 200 Å². The smallest absolute Gasteiger partial charge is 0.138 e. The maximum Gasteiger partial charge on any atom is 0.138 e. The highest BCUT2D eigenvalue weighted by atomic mass is 35.5. The van der Waals surface area contributed by atoms with Crippen LogP contribution >= 0.6 is 11.6 Å². The zero-order valence-electron chi connectivity index (χ0n) is 19.3. The average Bonchev–Trinajstić information content (AvgIpc) is 3.21. The lowest BCUT2D eigenvalue weighted by molar-refractivity contribution is -0.0537. The molecule has 0 saturated carbocycles. The highest BCUT2D eigenvalue weighted by Crippen LogP contribution is 2.29. The number of aromatic nitrogens is 2. The molecule has 6 nitrogen and oxygen atoms in total. The number of halogens is 1. The van der Waals surface area contributed by atoms with Gasteiger partial charge in [-0.05, 0) is 67.6 Å². The van der Waals surface area contributed by atoms with Crippen LogP contribution in [0.25, 0.3) is 0 Å². The van der Waals surface area contributed by atoms with E-state index in [-0.39, 0.29) is 6.61 Å². The Balaban J connectivity index is 1.23. The Bertz CT molecular complexity index is 1060. The zero-order chi connectivity index (χ0) is 23.3. The molecule has 0 atom stereocenters. The van der Waals surface area contributed by atoms with Crippen molar-refractivity contribution in [1.82, 2.24) is 14.7 Å². The molecule has 176 valence electrons. The van der Waals surface area contributed by atoms with Gasteiger partial charge in [0.25, 0.3) is 0 Å². The molecule has 0 spiro atoms. The van der Waals surface area contributed by atoms with Crippen molar-refractivity contribution in [2.45, 2.75) is 45.4 Å². The number of nitrogens with zero attached hydrogens (tertiary/aromatic N) is 3. The third kappa shape index (κ3) is 6.73. The van der Waals surface area contributed by atoms with Gasteiger partial charge >= 0.3 is 0 Å². The number of hydrogen-bond donors (Lipinski definition) is 1. The van der Waals surface area contributed by atoms with Crippen LogP contribution in [0, 0.1) is 13.8 Å². The fourth-order valence-electron chi connectivity index (χ4n) is 4.04. The Kier molecular flexibility index (Phi) is 7.58. The van der Waals surface area contributed by atoms with Crippen LogP contribution in [-0.2, 0) is 13.1 Å². The molecule has 0 radical (unpaired) electrons. The standard InChI is InChI=1S/C26H32ClN3O3/c1-20-6-7-24(27)25(14-20)33-19-26(31)8-10-29(11-9-26)18-22-4-3-5-23(15-22)32-13-12-30-17-21(2)16-28-30/h3-7,14-17,31H,8-13,18-19H2,1-2H3.